The van der Waals surface area contributed by atoms with E-state index in [0.29, 0.717) is 5.41 Å². The van der Waals surface area contributed by atoms with Crippen molar-refractivity contribution in [2.75, 3.05) is 0 Å². The van der Waals surface area contributed by atoms with Gasteiger partial charge in [0.15, 0.2) is 0 Å². The molecular weight excluding hydrogens is 216 g/mol. The standard InChI is InChI=1S/C18H28/c1-12-13(2)15(4)17(14(12)3)11-16-9-7-8-10-18(16,5)6/h11,16H,7-10H2,1-6H3. The van der Waals surface area contributed by atoms with Crippen molar-refractivity contribution in [3.05, 3.63) is 33.9 Å². The average Bonchev–Trinajstić information content (AvgIpc) is 2.49. The van der Waals surface area contributed by atoms with Crippen molar-refractivity contribution in [3.8, 4) is 0 Å². The second-order valence-electron chi connectivity index (χ2n) is 6.92. The van der Waals surface area contributed by atoms with Gasteiger partial charge in [-0.05, 0) is 79.7 Å². The Morgan fingerprint density at radius 1 is 0.889 bits per heavy atom. The molecule has 2 rings (SSSR count). The van der Waals surface area contributed by atoms with Gasteiger partial charge in [0.05, 0.1) is 0 Å². The molecule has 0 aromatic rings. The van der Waals surface area contributed by atoms with Gasteiger partial charge in [-0.2, -0.15) is 0 Å². The summed E-state index contributed by atoms with van der Waals surface area (Å²) in [6.07, 6.45) is 8.15. The van der Waals surface area contributed by atoms with E-state index in [4.69, 9.17) is 0 Å². The SMILES string of the molecule is CC1=C(C)C(C)=C(C)C1=CC1CCCCC1(C)C. The Labute approximate surface area is 113 Å². The Balaban J connectivity index is 2.35. The molecule has 0 heterocycles. The van der Waals surface area contributed by atoms with Crippen LogP contribution in [0.15, 0.2) is 33.9 Å². The lowest BCUT2D eigenvalue weighted by Crippen LogP contribution is -2.26. The molecule has 0 aromatic carbocycles. The van der Waals surface area contributed by atoms with Crippen molar-refractivity contribution in [3.63, 3.8) is 0 Å². The molecule has 0 aliphatic heterocycles. The van der Waals surface area contributed by atoms with E-state index in [-0.39, 0.29) is 0 Å². The van der Waals surface area contributed by atoms with Crippen LogP contribution in [0.1, 0.15) is 67.2 Å². The Morgan fingerprint density at radius 2 is 1.44 bits per heavy atom. The molecule has 1 atom stereocenters. The van der Waals surface area contributed by atoms with E-state index in [0.717, 1.165) is 5.92 Å². The number of allylic oxidation sites excluding steroid dienone is 6. The first-order chi connectivity index (χ1) is 8.34. The van der Waals surface area contributed by atoms with Crippen molar-refractivity contribution >= 4 is 0 Å². The molecule has 1 unspecified atom stereocenters. The quantitative estimate of drug-likeness (QED) is 0.545. The zero-order valence-corrected chi connectivity index (χ0v) is 13.0. The topological polar surface area (TPSA) is 0 Å². The lowest BCUT2D eigenvalue weighted by Gasteiger charge is -2.37. The summed E-state index contributed by atoms with van der Waals surface area (Å²) in [5.41, 5.74) is 8.01. The Kier molecular flexibility index (Phi) is 3.58. The first-order valence-corrected chi connectivity index (χ1v) is 7.42. The largest absolute Gasteiger partial charge is 0.0731 e. The van der Waals surface area contributed by atoms with Crippen molar-refractivity contribution in [2.24, 2.45) is 11.3 Å². The van der Waals surface area contributed by atoms with Gasteiger partial charge in [0.1, 0.15) is 0 Å². The summed E-state index contributed by atoms with van der Waals surface area (Å²) in [5.74, 6) is 0.754. The molecule has 0 amide bonds. The van der Waals surface area contributed by atoms with Crippen molar-refractivity contribution in [2.45, 2.75) is 67.2 Å². The summed E-state index contributed by atoms with van der Waals surface area (Å²) in [6, 6.07) is 0. The van der Waals surface area contributed by atoms with E-state index in [1.807, 2.05) is 0 Å². The minimum Gasteiger partial charge on any atom is -0.0731 e. The van der Waals surface area contributed by atoms with Crippen LogP contribution in [0.25, 0.3) is 0 Å². The van der Waals surface area contributed by atoms with E-state index in [1.54, 1.807) is 0 Å². The van der Waals surface area contributed by atoms with Crippen LogP contribution in [0, 0.1) is 11.3 Å². The van der Waals surface area contributed by atoms with Gasteiger partial charge in [0, 0.05) is 0 Å². The lowest BCUT2D eigenvalue weighted by atomic mass is 9.68. The molecule has 2 aliphatic carbocycles. The van der Waals surface area contributed by atoms with Crippen LogP contribution in [0.3, 0.4) is 0 Å². The maximum atomic E-state index is 2.59. The molecule has 2 aliphatic rings. The van der Waals surface area contributed by atoms with Crippen molar-refractivity contribution in [1.82, 2.24) is 0 Å². The number of hydrogen-bond acceptors (Lipinski definition) is 0. The number of hydrogen-bond donors (Lipinski definition) is 0. The molecule has 0 nitrogen and oxygen atoms in total. The Bertz CT molecular complexity index is 415. The normalized spacial score (nSPS) is 28.1. The van der Waals surface area contributed by atoms with Crippen LogP contribution in [0.2, 0.25) is 0 Å². The van der Waals surface area contributed by atoms with Crippen LogP contribution in [0.5, 0.6) is 0 Å². The van der Waals surface area contributed by atoms with Crippen LogP contribution in [0.4, 0.5) is 0 Å². The molecule has 0 saturated heterocycles. The van der Waals surface area contributed by atoms with Crippen molar-refractivity contribution in [1.29, 1.82) is 0 Å². The van der Waals surface area contributed by atoms with E-state index < -0.39 is 0 Å². The summed E-state index contributed by atoms with van der Waals surface area (Å²) < 4.78 is 0. The molecule has 100 valence electrons. The summed E-state index contributed by atoms with van der Waals surface area (Å²) >= 11 is 0. The van der Waals surface area contributed by atoms with Gasteiger partial charge in [-0.3, -0.25) is 0 Å². The smallest absolute Gasteiger partial charge is 0.0173 e. The molecule has 18 heavy (non-hydrogen) atoms. The lowest BCUT2D eigenvalue weighted by molar-refractivity contribution is 0.177. The molecule has 0 heteroatoms. The molecule has 1 fully saturated rings. The zero-order valence-electron chi connectivity index (χ0n) is 13.0. The van der Waals surface area contributed by atoms with Gasteiger partial charge in [-0.15, -0.1) is 0 Å². The maximum Gasteiger partial charge on any atom is -0.0173 e. The molecule has 0 N–H and O–H groups in total. The highest BCUT2D eigenvalue weighted by atomic mass is 14.4. The Morgan fingerprint density at radius 3 is 1.94 bits per heavy atom. The summed E-state index contributed by atoms with van der Waals surface area (Å²) in [5, 5.41) is 0. The molecule has 0 spiro atoms. The second kappa shape index (κ2) is 4.72. The van der Waals surface area contributed by atoms with Gasteiger partial charge >= 0.3 is 0 Å². The molecule has 0 aromatic heterocycles. The zero-order chi connectivity index (χ0) is 13.5. The molecule has 0 bridgehead atoms. The monoisotopic (exact) mass is 244 g/mol. The van der Waals surface area contributed by atoms with Gasteiger partial charge in [-0.1, -0.05) is 32.8 Å². The predicted molar refractivity (Wildman–Crippen MR) is 80.6 cm³/mol. The van der Waals surface area contributed by atoms with Crippen molar-refractivity contribution < 1.29 is 0 Å². The van der Waals surface area contributed by atoms with Crippen LogP contribution in [-0.4, -0.2) is 0 Å². The van der Waals surface area contributed by atoms with Gasteiger partial charge < -0.3 is 0 Å². The average molecular weight is 244 g/mol. The Hall–Kier alpha value is -0.780. The van der Waals surface area contributed by atoms with Gasteiger partial charge in [0.25, 0.3) is 0 Å². The van der Waals surface area contributed by atoms with E-state index >= 15 is 0 Å². The fourth-order valence-corrected chi connectivity index (χ4v) is 3.53. The minimum atomic E-state index is 0.482. The highest BCUT2D eigenvalue weighted by molar-refractivity contribution is 5.61. The molecule has 1 saturated carbocycles. The van der Waals surface area contributed by atoms with E-state index in [1.165, 1.54) is 53.5 Å². The van der Waals surface area contributed by atoms with Gasteiger partial charge in [-0.25, -0.2) is 0 Å². The van der Waals surface area contributed by atoms with E-state index in [2.05, 4.69) is 47.6 Å². The highest BCUT2D eigenvalue weighted by Gasteiger charge is 2.31. The third-order valence-corrected chi connectivity index (χ3v) is 5.45. The minimum absolute atomic E-state index is 0.482. The molecular formula is C18H28. The summed E-state index contributed by atoms with van der Waals surface area (Å²) in [7, 11) is 0. The highest BCUT2D eigenvalue weighted by Crippen LogP contribution is 2.44. The third kappa shape index (κ3) is 2.22. The first-order valence-electron chi connectivity index (χ1n) is 7.42. The maximum absolute atomic E-state index is 2.59. The molecule has 0 radical (unpaired) electrons. The van der Waals surface area contributed by atoms with Crippen LogP contribution >= 0.6 is 0 Å². The first kappa shape index (κ1) is 13.6. The second-order valence-corrected chi connectivity index (χ2v) is 6.92. The fraction of sp³-hybridized carbons (Fsp3) is 0.667. The summed E-state index contributed by atoms with van der Waals surface area (Å²) in [4.78, 5) is 0. The fourth-order valence-electron chi connectivity index (χ4n) is 3.53. The third-order valence-electron chi connectivity index (χ3n) is 5.45. The predicted octanol–water partition coefficient (Wildman–Crippen LogP) is 5.82. The van der Waals surface area contributed by atoms with E-state index in [9.17, 15) is 0 Å². The van der Waals surface area contributed by atoms with Gasteiger partial charge in [0.2, 0.25) is 0 Å². The van der Waals surface area contributed by atoms with Crippen LogP contribution < -0.4 is 0 Å². The summed E-state index contributed by atoms with van der Waals surface area (Å²) in [6.45, 7) is 14.0. The number of rotatable bonds is 1. The van der Waals surface area contributed by atoms with Crippen LogP contribution in [-0.2, 0) is 0 Å².